The van der Waals surface area contributed by atoms with Crippen LogP contribution in [-0.2, 0) is 4.79 Å². The lowest BCUT2D eigenvalue weighted by Gasteiger charge is -1.91. The van der Waals surface area contributed by atoms with Crippen LogP contribution in [0.15, 0.2) is 12.2 Å². The van der Waals surface area contributed by atoms with Gasteiger partial charge >= 0.3 is 0 Å². The molecule has 3 nitrogen and oxygen atoms in total. The van der Waals surface area contributed by atoms with E-state index >= 15 is 0 Å². The summed E-state index contributed by atoms with van der Waals surface area (Å²) in [6.45, 7) is 2.13. The average Bonchev–Trinajstić information content (AvgIpc) is 2.04. The van der Waals surface area contributed by atoms with Crippen molar-refractivity contribution in [1.29, 1.82) is 0 Å². The van der Waals surface area contributed by atoms with Crippen LogP contribution < -0.4 is 5.48 Å². The van der Waals surface area contributed by atoms with E-state index in [4.69, 9.17) is 5.21 Å². The first-order chi connectivity index (χ1) is 5.31. The summed E-state index contributed by atoms with van der Waals surface area (Å²) in [5.74, 6) is -0.457. The lowest BCUT2D eigenvalue weighted by molar-refractivity contribution is -0.124. The van der Waals surface area contributed by atoms with Gasteiger partial charge in [0.25, 0.3) is 5.91 Å². The Morgan fingerprint density at radius 1 is 1.55 bits per heavy atom. The molecule has 3 heteroatoms. The zero-order valence-electron chi connectivity index (χ0n) is 6.84. The number of carbonyl (C=O) groups excluding carboxylic acids is 1. The molecule has 0 aliphatic carbocycles. The number of hydrogen-bond acceptors (Lipinski definition) is 2. The van der Waals surface area contributed by atoms with Gasteiger partial charge in [0, 0.05) is 6.08 Å². The highest BCUT2D eigenvalue weighted by Crippen LogP contribution is 1.98. The highest BCUT2D eigenvalue weighted by molar-refractivity contribution is 5.86. The third-order valence-electron chi connectivity index (χ3n) is 1.35. The van der Waals surface area contributed by atoms with Crippen molar-refractivity contribution in [2.24, 2.45) is 0 Å². The molecule has 0 aromatic rings. The summed E-state index contributed by atoms with van der Waals surface area (Å²) in [5.41, 5.74) is 1.53. The second-order valence-corrected chi connectivity index (χ2v) is 2.37. The summed E-state index contributed by atoms with van der Waals surface area (Å²) < 4.78 is 0. The molecular formula is C8H15NO2. The molecule has 0 aromatic heterocycles. The maximum absolute atomic E-state index is 10.4. The number of hydroxylamine groups is 1. The summed E-state index contributed by atoms with van der Waals surface area (Å²) in [6, 6.07) is 0. The van der Waals surface area contributed by atoms with E-state index in [0.717, 1.165) is 12.8 Å². The number of unbranched alkanes of at least 4 members (excludes halogenated alkanes) is 3. The average molecular weight is 157 g/mol. The van der Waals surface area contributed by atoms with Gasteiger partial charge in [-0.3, -0.25) is 10.0 Å². The summed E-state index contributed by atoms with van der Waals surface area (Å²) in [7, 11) is 0. The Morgan fingerprint density at radius 2 is 2.27 bits per heavy atom. The highest BCUT2D eigenvalue weighted by Gasteiger charge is 1.87. The fourth-order valence-corrected chi connectivity index (χ4v) is 0.740. The number of rotatable bonds is 5. The molecule has 64 valence electrons. The van der Waals surface area contributed by atoms with E-state index in [1.54, 1.807) is 6.08 Å². The van der Waals surface area contributed by atoms with E-state index in [-0.39, 0.29) is 0 Å². The summed E-state index contributed by atoms with van der Waals surface area (Å²) in [5, 5.41) is 8.09. The van der Waals surface area contributed by atoms with Crippen LogP contribution in [0.2, 0.25) is 0 Å². The standard InChI is InChI=1S/C8H15NO2/c1-2-3-4-5-6-7-8(10)9-11/h6-7,11H,2-5H2,1H3,(H,9,10). The maximum atomic E-state index is 10.4. The van der Waals surface area contributed by atoms with Gasteiger partial charge in [0.15, 0.2) is 0 Å². The number of hydrogen-bond donors (Lipinski definition) is 2. The summed E-state index contributed by atoms with van der Waals surface area (Å²) in [6.07, 6.45) is 7.48. The molecule has 0 radical (unpaired) electrons. The Hall–Kier alpha value is -0.830. The second-order valence-electron chi connectivity index (χ2n) is 2.37. The first-order valence-electron chi connectivity index (χ1n) is 3.92. The molecule has 0 saturated heterocycles. The normalized spacial score (nSPS) is 10.4. The first-order valence-corrected chi connectivity index (χ1v) is 3.92. The Morgan fingerprint density at radius 3 is 2.82 bits per heavy atom. The van der Waals surface area contributed by atoms with Gasteiger partial charge in [-0.1, -0.05) is 25.8 Å². The molecule has 0 bridgehead atoms. The van der Waals surface area contributed by atoms with Gasteiger partial charge in [-0.05, 0) is 12.8 Å². The van der Waals surface area contributed by atoms with Gasteiger partial charge in [0.05, 0.1) is 0 Å². The van der Waals surface area contributed by atoms with Gasteiger partial charge in [-0.2, -0.15) is 0 Å². The molecule has 11 heavy (non-hydrogen) atoms. The molecule has 0 atom stereocenters. The Bertz CT molecular complexity index is 132. The van der Waals surface area contributed by atoms with E-state index in [0.29, 0.717) is 0 Å². The van der Waals surface area contributed by atoms with Crippen molar-refractivity contribution in [1.82, 2.24) is 5.48 Å². The SMILES string of the molecule is CCCCCC=CC(=O)NO. The van der Waals surface area contributed by atoms with Crippen LogP contribution in [0, 0.1) is 0 Å². The number of allylic oxidation sites excluding steroid dienone is 1. The third kappa shape index (κ3) is 7.06. The van der Waals surface area contributed by atoms with Gasteiger partial charge in [-0.15, -0.1) is 0 Å². The fourth-order valence-electron chi connectivity index (χ4n) is 0.740. The van der Waals surface area contributed by atoms with Crippen molar-refractivity contribution in [2.75, 3.05) is 0 Å². The minimum Gasteiger partial charge on any atom is -0.288 e. The van der Waals surface area contributed by atoms with Crippen LogP contribution in [0.25, 0.3) is 0 Å². The predicted molar refractivity (Wildman–Crippen MR) is 43.2 cm³/mol. The quantitative estimate of drug-likeness (QED) is 0.276. The largest absolute Gasteiger partial charge is 0.288 e. The Kier molecular flexibility index (Phi) is 6.73. The molecule has 1 amide bonds. The minimum atomic E-state index is -0.457. The lowest BCUT2D eigenvalue weighted by Crippen LogP contribution is -2.14. The Balaban J connectivity index is 3.22. The van der Waals surface area contributed by atoms with Crippen molar-refractivity contribution >= 4 is 5.91 Å². The molecule has 2 N–H and O–H groups in total. The van der Waals surface area contributed by atoms with E-state index in [9.17, 15) is 4.79 Å². The zero-order chi connectivity index (χ0) is 8.53. The molecule has 0 aliphatic rings. The van der Waals surface area contributed by atoms with Crippen molar-refractivity contribution in [3.05, 3.63) is 12.2 Å². The van der Waals surface area contributed by atoms with E-state index in [2.05, 4.69) is 6.92 Å². The first kappa shape index (κ1) is 10.2. The number of amides is 1. The fraction of sp³-hybridized carbons (Fsp3) is 0.625. The van der Waals surface area contributed by atoms with Gasteiger partial charge < -0.3 is 0 Å². The summed E-state index contributed by atoms with van der Waals surface area (Å²) in [4.78, 5) is 10.4. The third-order valence-corrected chi connectivity index (χ3v) is 1.35. The second kappa shape index (κ2) is 7.28. The molecule has 0 fully saturated rings. The van der Waals surface area contributed by atoms with Crippen LogP contribution in [0.3, 0.4) is 0 Å². The van der Waals surface area contributed by atoms with Gasteiger partial charge in [0.1, 0.15) is 0 Å². The van der Waals surface area contributed by atoms with E-state index < -0.39 is 5.91 Å². The zero-order valence-corrected chi connectivity index (χ0v) is 6.84. The lowest BCUT2D eigenvalue weighted by atomic mass is 10.2. The molecule has 0 aromatic carbocycles. The van der Waals surface area contributed by atoms with Gasteiger partial charge in [0.2, 0.25) is 0 Å². The topological polar surface area (TPSA) is 49.3 Å². The van der Waals surface area contributed by atoms with Gasteiger partial charge in [-0.25, -0.2) is 5.48 Å². The maximum Gasteiger partial charge on any atom is 0.267 e. The van der Waals surface area contributed by atoms with Crippen molar-refractivity contribution in [2.45, 2.75) is 32.6 Å². The molecular weight excluding hydrogens is 142 g/mol. The summed E-state index contributed by atoms with van der Waals surface area (Å²) >= 11 is 0. The predicted octanol–water partition coefficient (Wildman–Crippen LogP) is 1.63. The smallest absolute Gasteiger partial charge is 0.267 e. The van der Waals surface area contributed by atoms with E-state index in [1.807, 2.05) is 0 Å². The van der Waals surface area contributed by atoms with E-state index in [1.165, 1.54) is 24.4 Å². The minimum absolute atomic E-state index is 0.457. The molecule has 0 unspecified atom stereocenters. The molecule has 0 heterocycles. The number of nitrogens with one attached hydrogen (secondary N) is 1. The van der Waals surface area contributed by atoms with Crippen LogP contribution in [0.5, 0.6) is 0 Å². The van der Waals surface area contributed by atoms with Crippen molar-refractivity contribution in [3.63, 3.8) is 0 Å². The Labute approximate surface area is 67.1 Å². The molecule has 0 aliphatic heterocycles. The van der Waals surface area contributed by atoms with Crippen molar-refractivity contribution in [3.8, 4) is 0 Å². The van der Waals surface area contributed by atoms with Crippen molar-refractivity contribution < 1.29 is 10.0 Å². The van der Waals surface area contributed by atoms with Crippen LogP contribution in [0.4, 0.5) is 0 Å². The molecule has 0 saturated carbocycles. The monoisotopic (exact) mass is 157 g/mol. The molecule has 0 spiro atoms. The van der Waals surface area contributed by atoms with Crippen LogP contribution in [-0.4, -0.2) is 11.1 Å². The number of carbonyl (C=O) groups is 1. The van der Waals surface area contributed by atoms with Crippen LogP contribution in [0.1, 0.15) is 32.6 Å². The molecule has 0 rings (SSSR count). The van der Waals surface area contributed by atoms with Crippen LogP contribution >= 0.6 is 0 Å². The highest BCUT2D eigenvalue weighted by atomic mass is 16.5.